The van der Waals surface area contributed by atoms with Gasteiger partial charge >= 0.3 is 0 Å². The smallest absolute Gasteiger partial charge is 0.216 e. The Labute approximate surface area is 68.7 Å². The summed E-state index contributed by atoms with van der Waals surface area (Å²) in [4.78, 5) is 4.02. The Morgan fingerprint density at radius 1 is 1.25 bits per heavy atom. The maximum Gasteiger partial charge on any atom is 0.216 e. The molecule has 0 aromatic carbocycles. The van der Waals surface area contributed by atoms with E-state index in [1.165, 1.54) is 0 Å². The Morgan fingerprint density at radius 3 is 2.75 bits per heavy atom. The molecule has 0 saturated carbocycles. The van der Waals surface area contributed by atoms with Crippen LogP contribution in [-0.4, -0.2) is 16.7 Å². The Balaban J connectivity index is 2.25. The molecule has 0 spiro atoms. The van der Waals surface area contributed by atoms with Gasteiger partial charge in [-0.15, -0.1) is 5.10 Å². The third-order valence-electron chi connectivity index (χ3n) is 1.55. The Kier molecular flexibility index (Phi) is 1.66. The van der Waals surface area contributed by atoms with Crippen LogP contribution in [0.15, 0.2) is 34.6 Å². The minimum atomic E-state index is -0.448. The van der Waals surface area contributed by atoms with E-state index in [0.29, 0.717) is 11.4 Å². The first-order valence-corrected chi connectivity index (χ1v) is 3.56. The SMILES string of the molecule is FC1=NN=C(c2ccccn2)C1. The summed E-state index contributed by atoms with van der Waals surface area (Å²) in [6.45, 7) is 0. The van der Waals surface area contributed by atoms with Gasteiger partial charge in [-0.2, -0.15) is 9.49 Å². The highest BCUT2D eigenvalue weighted by molar-refractivity contribution is 6.11. The number of pyridine rings is 1. The molecule has 1 aromatic rings. The zero-order chi connectivity index (χ0) is 8.39. The van der Waals surface area contributed by atoms with Crippen molar-refractivity contribution in [2.24, 2.45) is 10.2 Å². The summed E-state index contributed by atoms with van der Waals surface area (Å²) < 4.78 is 12.5. The molecule has 1 aliphatic rings. The number of rotatable bonds is 1. The maximum atomic E-state index is 12.5. The van der Waals surface area contributed by atoms with Gasteiger partial charge in [0, 0.05) is 6.20 Å². The van der Waals surface area contributed by atoms with Crippen molar-refractivity contribution >= 4 is 11.7 Å². The number of nitrogens with zero attached hydrogens (tertiary/aromatic N) is 3. The molecule has 0 bridgehead atoms. The van der Waals surface area contributed by atoms with E-state index in [0.717, 1.165) is 0 Å². The lowest BCUT2D eigenvalue weighted by molar-refractivity contribution is 0.788. The van der Waals surface area contributed by atoms with E-state index in [4.69, 9.17) is 0 Å². The van der Waals surface area contributed by atoms with Crippen molar-refractivity contribution in [2.45, 2.75) is 6.42 Å². The summed E-state index contributed by atoms with van der Waals surface area (Å²) in [5, 5.41) is 6.95. The lowest BCUT2D eigenvalue weighted by atomic mass is 10.2. The third kappa shape index (κ3) is 1.23. The van der Waals surface area contributed by atoms with Gasteiger partial charge < -0.3 is 0 Å². The molecule has 0 amide bonds. The first kappa shape index (κ1) is 7.09. The van der Waals surface area contributed by atoms with E-state index in [1.807, 2.05) is 6.07 Å². The Morgan fingerprint density at radius 2 is 2.17 bits per heavy atom. The summed E-state index contributed by atoms with van der Waals surface area (Å²) in [5.41, 5.74) is 1.28. The second kappa shape index (κ2) is 2.81. The standard InChI is InChI=1S/C8H6FN3/c9-8-5-7(11-12-8)6-3-1-2-4-10-6/h1-4H,5H2. The maximum absolute atomic E-state index is 12.5. The van der Waals surface area contributed by atoms with Gasteiger partial charge in [0.15, 0.2) is 0 Å². The minimum absolute atomic E-state index is 0.164. The van der Waals surface area contributed by atoms with Gasteiger partial charge in [0.2, 0.25) is 5.97 Å². The van der Waals surface area contributed by atoms with E-state index in [1.54, 1.807) is 18.3 Å². The number of halogens is 1. The first-order valence-electron chi connectivity index (χ1n) is 3.56. The van der Waals surface area contributed by atoms with Crippen LogP contribution in [0.1, 0.15) is 12.1 Å². The van der Waals surface area contributed by atoms with Crippen LogP contribution >= 0.6 is 0 Å². The molecule has 0 fully saturated rings. The highest BCUT2D eigenvalue weighted by atomic mass is 19.1. The fraction of sp³-hybridized carbons (Fsp3) is 0.125. The normalized spacial score (nSPS) is 15.8. The van der Waals surface area contributed by atoms with Crippen molar-refractivity contribution in [3.05, 3.63) is 30.1 Å². The molecule has 0 aliphatic carbocycles. The summed E-state index contributed by atoms with van der Waals surface area (Å²) in [6, 6.07) is 5.42. The predicted octanol–water partition coefficient (Wildman–Crippen LogP) is 1.56. The molecule has 0 radical (unpaired) electrons. The number of hydrogen-bond acceptors (Lipinski definition) is 3. The molecule has 12 heavy (non-hydrogen) atoms. The van der Waals surface area contributed by atoms with E-state index in [9.17, 15) is 4.39 Å². The van der Waals surface area contributed by atoms with Crippen LogP contribution in [0.2, 0.25) is 0 Å². The quantitative estimate of drug-likeness (QED) is 0.619. The van der Waals surface area contributed by atoms with Gasteiger partial charge in [-0.3, -0.25) is 4.98 Å². The Hall–Kier alpha value is -1.58. The van der Waals surface area contributed by atoms with Gasteiger partial charge in [0.05, 0.1) is 17.8 Å². The molecule has 0 saturated heterocycles. The average molecular weight is 163 g/mol. The Bertz CT molecular complexity index is 343. The molecule has 0 atom stereocenters. The predicted molar refractivity (Wildman–Crippen MR) is 43.9 cm³/mol. The molecule has 60 valence electrons. The van der Waals surface area contributed by atoms with Gasteiger partial charge in [-0.05, 0) is 12.1 Å². The number of aromatic nitrogens is 1. The summed E-state index contributed by atoms with van der Waals surface area (Å²) >= 11 is 0. The van der Waals surface area contributed by atoms with Crippen molar-refractivity contribution in [3.8, 4) is 0 Å². The molecule has 1 aliphatic heterocycles. The monoisotopic (exact) mass is 163 g/mol. The van der Waals surface area contributed by atoms with E-state index < -0.39 is 5.97 Å². The molecule has 0 N–H and O–H groups in total. The van der Waals surface area contributed by atoms with Crippen LogP contribution in [0, 0.1) is 0 Å². The molecule has 4 heteroatoms. The van der Waals surface area contributed by atoms with Crippen LogP contribution in [0.4, 0.5) is 4.39 Å². The van der Waals surface area contributed by atoms with Crippen LogP contribution in [0.3, 0.4) is 0 Å². The van der Waals surface area contributed by atoms with Gasteiger partial charge in [-0.25, -0.2) is 0 Å². The average Bonchev–Trinajstić information content (AvgIpc) is 2.54. The first-order chi connectivity index (χ1) is 5.86. The number of hydrogen-bond donors (Lipinski definition) is 0. The van der Waals surface area contributed by atoms with Crippen molar-refractivity contribution in [2.75, 3.05) is 0 Å². The molecule has 3 nitrogen and oxygen atoms in total. The van der Waals surface area contributed by atoms with Crippen molar-refractivity contribution in [1.82, 2.24) is 4.98 Å². The van der Waals surface area contributed by atoms with Gasteiger partial charge in [0.25, 0.3) is 0 Å². The largest absolute Gasteiger partial charge is 0.255 e. The highest BCUT2D eigenvalue weighted by Crippen LogP contribution is 2.09. The molecule has 1 aromatic heterocycles. The van der Waals surface area contributed by atoms with Crippen molar-refractivity contribution in [3.63, 3.8) is 0 Å². The van der Waals surface area contributed by atoms with E-state index in [-0.39, 0.29) is 6.42 Å². The molecular formula is C8H6FN3. The zero-order valence-electron chi connectivity index (χ0n) is 6.24. The van der Waals surface area contributed by atoms with Crippen LogP contribution in [0.25, 0.3) is 0 Å². The van der Waals surface area contributed by atoms with Gasteiger partial charge in [0.1, 0.15) is 0 Å². The summed E-state index contributed by atoms with van der Waals surface area (Å²) in [6.07, 6.45) is 1.81. The fourth-order valence-corrected chi connectivity index (χ4v) is 0.999. The topological polar surface area (TPSA) is 37.6 Å². The van der Waals surface area contributed by atoms with E-state index >= 15 is 0 Å². The van der Waals surface area contributed by atoms with Crippen LogP contribution in [-0.2, 0) is 0 Å². The lowest BCUT2D eigenvalue weighted by Gasteiger charge is -1.94. The second-order valence-corrected chi connectivity index (χ2v) is 2.41. The third-order valence-corrected chi connectivity index (χ3v) is 1.55. The van der Waals surface area contributed by atoms with Crippen LogP contribution < -0.4 is 0 Å². The van der Waals surface area contributed by atoms with Crippen LogP contribution in [0.5, 0.6) is 0 Å². The van der Waals surface area contributed by atoms with Crippen molar-refractivity contribution < 1.29 is 4.39 Å². The summed E-state index contributed by atoms with van der Waals surface area (Å²) in [5.74, 6) is -0.448. The second-order valence-electron chi connectivity index (χ2n) is 2.41. The molecule has 2 heterocycles. The lowest BCUT2D eigenvalue weighted by Crippen LogP contribution is -2.02. The highest BCUT2D eigenvalue weighted by Gasteiger charge is 2.13. The molecular weight excluding hydrogens is 157 g/mol. The van der Waals surface area contributed by atoms with E-state index in [2.05, 4.69) is 15.2 Å². The zero-order valence-corrected chi connectivity index (χ0v) is 6.24. The fourth-order valence-electron chi connectivity index (χ4n) is 0.999. The van der Waals surface area contributed by atoms with Gasteiger partial charge in [-0.1, -0.05) is 6.07 Å². The van der Waals surface area contributed by atoms with Crippen molar-refractivity contribution in [1.29, 1.82) is 0 Å². The summed E-state index contributed by atoms with van der Waals surface area (Å²) in [7, 11) is 0. The molecule has 0 unspecified atom stereocenters. The molecule has 2 rings (SSSR count). The minimum Gasteiger partial charge on any atom is -0.255 e.